The van der Waals surface area contributed by atoms with Crippen molar-refractivity contribution in [3.8, 4) is 0 Å². The fraction of sp³-hybridized carbons (Fsp3) is 0.500. The Morgan fingerprint density at radius 3 is 1.96 bits per heavy atom. The molecule has 0 aliphatic carbocycles. The number of hydrogen-bond donors (Lipinski definition) is 0. The van der Waals surface area contributed by atoms with Crippen LogP contribution in [0, 0.1) is 10.1 Å². The molecule has 0 unspecified atom stereocenters. The molecule has 0 saturated carbocycles. The van der Waals surface area contributed by atoms with Gasteiger partial charge in [-0.2, -0.15) is 8.42 Å². The van der Waals surface area contributed by atoms with E-state index in [1.165, 1.54) is 12.1 Å². The number of rotatable bonds is 9. The molecule has 0 radical (unpaired) electrons. The van der Waals surface area contributed by atoms with Gasteiger partial charge in [-0.15, -0.1) is 11.0 Å². The lowest BCUT2D eigenvalue weighted by atomic mass is 10.3. The number of nitro groups is 1. The average Bonchev–Trinajstić information content (AvgIpc) is 2.59. The molecule has 0 aromatic heterocycles. The molecule has 1 aromatic carbocycles. The first kappa shape index (κ1) is 24.0. The molecule has 0 N–H and O–H groups in total. The Labute approximate surface area is 169 Å². The van der Waals surface area contributed by atoms with E-state index in [-0.39, 0.29) is 10.6 Å². The number of hydrogen-bond acceptors (Lipinski definition) is 4. The second kappa shape index (κ2) is 9.45. The summed E-state index contributed by atoms with van der Waals surface area (Å²) in [6.07, 6.45) is 2.31. The summed E-state index contributed by atoms with van der Waals surface area (Å²) >= 11 is 0. The SMILES string of the molecule is C=CCC(=C=NS(=O)(=O)c1ccc([N+](=O)[O-])cc1)[Si](C(C)C)(C(C)C)C(C)C. The molecule has 1 rings (SSSR count). The van der Waals surface area contributed by atoms with E-state index in [1.54, 1.807) is 6.08 Å². The van der Waals surface area contributed by atoms with Crippen LogP contribution in [0.5, 0.6) is 0 Å². The van der Waals surface area contributed by atoms with Crippen LogP contribution in [0.3, 0.4) is 0 Å². The number of nitro benzene ring substituents is 1. The van der Waals surface area contributed by atoms with Crippen molar-refractivity contribution in [1.29, 1.82) is 0 Å². The first-order valence-corrected chi connectivity index (χ1v) is 13.0. The maximum absolute atomic E-state index is 12.6. The zero-order valence-electron chi connectivity index (χ0n) is 17.5. The molecule has 0 spiro atoms. The Bertz CT molecular complexity index is 860. The molecule has 0 saturated heterocycles. The summed E-state index contributed by atoms with van der Waals surface area (Å²) in [7, 11) is -6.11. The van der Waals surface area contributed by atoms with E-state index in [0.29, 0.717) is 23.0 Å². The van der Waals surface area contributed by atoms with Crippen LogP contribution in [0.4, 0.5) is 5.69 Å². The number of non-ortho nitro benzene ring substituents is 1. The average molecular weight is 423 g/mol. The summed E-state index contributed by atoms with van der Waals surface area (Å²) in [4.78, 5) is 10.1. The second-order valence-electron chi connectivity index (χ2n) is 7.80. The monoisotopic (exact) mass is 422 g/mol. The lowest BCUT2D eigenvalue weighted by Crippen LogP contribution is -2.47. The third-order valence-corrected chi connectivity index (χ3v) is 13.7. The van der Waals surface area contributed by atoms with Gasteiger partial charge in [-0.1, -0.05) is 47.6 Å². The van der Waals surface area contributed by atoms with E-state index in [0.717, 1.165) is 17.3 Å². The number of allylic oxidation sites excluding steroid dienone is 2. The minimum atomic E-state index is -4.00. The van der Waals surface area contributed by atoms with Crippen molar-refractivity contribution in [2.75, 3.05) is 0 Å². The summed E-state index contributed by atoms with van der Waals surface area (Å²) in [5, 5.41) is 11.7. The van der Waals surface area contributed by atoms with Crippen molar-refractivity contribution in [3.63, 3.8) is 0 Å². The van der Waals surface area contributed by atoms with Crippen molar-refractivity contribution in [2.45, 2.75) is 69.5 Å². The minimum absolute atomic E-state index is 0.0885. The van der Waals surface area contributed by atoms with Crippen LogP contribution >= 0.6 is 0 Å². The Hall–Kier alpha value is -2.02. The minimum Gasteiger partial charge on any atom is -0.258 e. The Morgan fingerprint density at radius 1 is 1.14 bits per heavy atom. The molecule has 6 nitrogen and oxygen atoms in total. The van der Waals surface area contributed by atoms with Crippen LogP contribution in [0.15, 0.2) is 51.4 Å². The van der Waals surface area contributed by atoms with Gasteiger partial charge in [0.25, 0.3) is 15.7 Å². The fourth-order valence-corrected chi connectivity index (χ4v) is 12.2. The normalized spacial score (nSPS) is 12.2. The smallest absolute Gasteiger partial charge is 0.258 e. The van der Waals surface area contributed by atoms with Crippen LogP contribution in [-0.2, 0) is 10.0 Å². The topological polar surface area (TPSA) is 89.6 Å². The Morgan fingerprint density at radius 2 is 1.61 bits per heavy atom. The van der Waals surface area contributed by atoms with Crippen molar-refractivity contribution >= 4 is 29.7 Å². The van der Waals surface area contributed by atoms with Crippen LogP contribution in [-0.4, -0.2) is 27.3 Å². The lowest BCUT2D eigenvalue weighted by molar-refractivity contribution is -0.384. The zero-order valence-corrected chi connectivity index (χ0v) is 19.3. The van der Waals surface area contributed by atoms with Crippen molar-refractivity contribution < 1.29 is 13.3 Å². The molecule has 0 heterocycles. The first-order chi connectivity index (χ1) is 12.9. The highest BCUT2D eigenvalue weighted by Gasteiger charge is 2.45. The molecule has 0 fully saturated rings. The third kappa shape index (κ3) is 4.87. The lowest BCUT2D eigenvalue weighted by Gasteiger charge is -2.43. The largest absolute Gasteiger partial charge is 0.289 e. The van der Waals surface area contributed by atoms with E-state index < -0.39 is 23.0 Å². The summed E-state index contributed by atoms with van der Waals surface area (Å²) in [6, 6.07) is 4.71. The van der Waals surface area contributed by atoms with Crippen molar-refractivity contribution in [2.24, 2.45) is 4.40 Å². The number of nitrogens with zero attached hydrogens (tertiary/aromatic N) is 2. The van der Waals surface area contributed by atoms with Crippen LogP contribution in [0.25, 0.3) is 0 Å². The van der Waals surface area contributed by atoms with Crippen LogP contribution < -0.4 is 0 Å². The van der Waals surface area contributed by atoms with E-state index in [2.05, 4.69) is 58.4 Å². The van der Waals surface area contributed by atoms with Gasteiger partial charge >= 0.3 is 0 Å². The zero-order chi connectivity index (χ0) is 21.7. The van der Waals surface area contributed by atoms with Crippen LogP contribution in [0.2, 0.25) is 16.6 Å². The highest BCUT2D eigenvalue weighted by Crippen LogP contribution is 2.46. The van der Waals surface area contributed by atoms with E-state index in [1.807, 2.05) is 0 Å². The molecular weight excluding hydrogens is 392 g/mol. The molecule has 0 aliphatic heterocycles. The van der Waals surface area contributed by atoms with E-state index in [4.69, 9.17) is 0 Å². The van der Waals surface area contributed by atoms with Gasteiger partial charge in [0.15, 0.2) is 0 Å². The van der Waals surface area contributed by atoms with Crippen LogP contribution in [0.1, 0.15) is 48.0 Å². The van der Waals surface area contributed by atoms with Gasteiger partial charge in [-0.05, 0) is 46.2 Å². The predicted octanol–water partition coefficient (Wildman–Crippen LogP) is 5.67. The molecule has 0 aliphatic rings. The molecule has 0 atom stereocenters. The molecule has 8 heteroatoms. The third-order valence-electron chi connectivity index (χ3n) is 5.38. The first-order valence-electron chi connectivity index (χ1n) is 9.35. The maximum Gasteiger partial charge on any atom is 0.289 e. The number of benzene rings is 1. The van der Waals surface area contributed by atoms with Gasteiger partial charge in [-0.25, -0.2) is 0 Å². The molecule has 1 aromatic rings. The second-order valence-corrected chi connectivity index (χ2v) is 15.3. The van der Waals surface area contributed by atoms with E-state index in [9.17, 15) is 18.5 Å². The van der Waals surface area contributed by atoms with Gasteiger partial charge in [0.1, 0.15) is 8.07 Å². The predicted molar refractivity (Wildman–Crippen MR) is 117 cm³/mol. The molecule has 0 amide bonds. The molecule has 154 valence electrons. The molecular formula is C20H30N2O4SSi. The molecule has 0 bridgehead atoms. The van der Waals surface area contributed by atoms with Gasteiger partial charge in [0.05, 0.1) is 9.82 Å². The fourth-order valence-electron chi connectivity index (χ4n) is 4.42. The summed E-state index contributed by atoms with van der Waals surface area (Å²) < 4.78 is 29.1. The maximum atomic E-state index is 12.6. The summed E-state index contributed by atoms with van der Waals surface area (Å²) in [5.41, 5.74) is 0.975. The van der Waals surface area contributed by atoms with Crippen molar-refractivity contribution in [1.82, 2.24) is 0 Å². The molecule has 28 heavy (non-hydrogen) atoms. The van der Waals surface area contributed by atoms with Gasteiger partial charge in [0.2, 0.25) is 0 Å². The Kier molecular flexibility index (Phi) is 8.11. The standard InChI is InChI=1S/C20H30N2O4SSi/c1-8-9-20(28(15(2)3,16(4)5)17(6)7)14-21-27(25,26)19-12-10-18(11-13-19)22(23)24/h8,10-13,15-17H,1,9H2,2-7H3. The van der Waals surface area contributed by atoms with Gasteiger partial charge < -0.3 is 0 Å². The van der Waals surface area contributed by atoms with Gasteiger partial charge in [-0.3, -0.25) is 10.1 Å². The van der Waals surface area contributed by atoms with Gasteiger partial charge in [0, 0.05) is 12.1 Å². The van der Waals surface area contributed by atoms with Crippen molar-refractivity contribution in [3.05, 3.63) is 52.2 Å². The highest BCUT2D eigenvalue weighted by atomic mass is 32.2. The number of sulfonamides is 1. The highest BCUT2D eigenvalue weighted by molar-refractivity contribution is 7.90. The quantitative estimate of drug-likeness (QED) is 0.168. The van der Waals surface area contributed by atoms with E-state index >= 15 is 0 Å². The Balaban J connectivity index is 3.60. The summed E-state index contributed by atoms with van der Waals surface area (Å²) in [5.74, 6) is 2.89. The summed E-state index contributed by atoms with van der Waals surface area (Å²) in [6.45, 7) is 16.9.